The molecule has 2 aromatic rings. The maximum Gasteiger partial charge on any atom is 0.286 e. The number of hydrogen-bond acceptors (Lipinski definition) is 6. The van der Waals surface area contributed by atoms with E-state index in [1.54, 1.807) is 0 Å². The van der Waals surface area contributed by atoms with Gasteiger partial charge in [0.05, 0.1) is 31.8 Å². The van der Waals surface area contributed by atoms with E-state index in [1.807, 2.05) is 31.2 Å². The topological polar surface area (TPSA) is 99.9 Å². The summed E-state index contributed by atoms with van der Waals surface area (Å²) < 4.78 is 15.7. The lowest BCUT2D eigenvalue weighted by atomic mass is 10.1. The predicted molar refractivity (Wildman–Crippen MR) is 103 cm³/mol. The molecule has 1 N–H and O–H groups in total. The van der Waals surface area contributed by atoms with E-state index >= 15 is 0 Å². The van der Waals surface area contributed by atoms with Crippen molar-refractivity contribution in [2.45, 2.75) is 6.92 Å². The normalized spacial score (nSPS) is 9.68. The highest BCUT2D eigenvalue weighted by molar-refractivity contribution is 5.99. The van der Waals surface area contributed by atoms with Gasteiger partial charge in [-0.3, -0.25) is 14.9 Å². The first-order valence-corrected chi connectivity index (χ1v) is 8.30. The Bertz CT molecular complexity index is 930. The molecule has 8 nitrogen and oxygen atoms in total. The molecule has 0 fully saturated rings. The number of hydrogen-bond donors (Lipinski definition) is 1. The molecule has 8 heteroatoms. The van der Waals surface area contributed by atoms with Crippen LogP contribution in [-0.2, 0) is 0 Å². The Hall–Kier alpha value is -3.73. The van der Waals surface area contributed by atoms with E-state index in [4.69, 9.17) is 14.2 Å². The van der Waals surface area contributed by atoms with Crippen LogP contribution in [0.1, 0.15) is 15.9 Å². The zero-order chi connectivity index (χ0) is 20.5. The van der Waals surface area contributed by atoms with Gasteiger partial charge in [0.25, 0.3) is 11.6 Å². The highest BCUT2D eigenvalue weighted by Gasteiger charge is 2.24. The van der Waals surface area contributed by atoms with Crippen LogP contribution in [-0.4, -0.2) is 38.2 Å². The van der Waals surface area contributed by atoms with Gasteiger partial charge >= 0.3 is 0 Å². The van der Waals surface area contributed by atoms with Crippen molar-refractivity contribution in [3.05, 3.63) is 57.6 Å². The summed E-state index contributed by atoms with van der Waals surface area (Å²) in [5.41, 5.74) is 0.477. The number of benzene rings is 2. The lowest BCUT2D eigenvalue weighted by molar-refractivity contribution is -0.385. The van der Waals surface area contributed by atoms with Crippen LogP contribution >= 0.6 is 0 Å². The predicted octanol–water partition coefficient (Wildman–Crippen LogP) is 2.73. The van der Waals surface area contributed by atoms with E-state index < -0.39 is 10.8 Å². The van der Waals surface area contributed by atoms with E-state index in [0.29, 0.717) is 0 Å². The molecular formula is C20H20N2O6. The first-order valence-electron chi connectivity index (χ1n) is 8.30. The van der Waals surface area contributed by atoms with Crippen molar-refractivity contribution in [1.29, 1.82) is 0 Å². The quantitative estimate of drug-likeness (QED) is 0.448. The number of nitrogens with one attached hydrogen (secondary N) is 1. The highest BCUT2D eigenvalue weighted by atomic mass is 16.6. The molecule has 0 spiro atoms. The van der Waals surface area contributed by atoms with Crippen LogP contribution in [0, 0.1) is 28.9 Å². The number of ether oxygens (including phenoxy) is 3. The molecule has 0 aliphatic rings. The van der Waals surface area contributed by atoms with Gasteiger partial charge in [-0.15, -0.1) is 0 Å². The largest absolute Gasteiger partial charge is 0.493 e. The Morgan fingerprint density at radius 1 is 1.11 bits per heavy atom. The van der Waals surface area contributed by atoms with Gasteiger partial charge in [-0.2, -0.15) is 0 Å². The van der Waals surface area contributed by atoms with Crippen molar-refractivity contribution in [3.8, 4) is 29.1 Å². The average Bonchev–Trinajstić information content (AvgIpc) is 2.70. The number of amides is 1. The molecule has 0 heterocycles. The minimum atomic E-state index is -0.654. The van der Waals surface area contributed by atoms with Crippen LogP contribution in [0.15, 0.2) is 36.4 Å². The summed E-state index contributed by atoms with van der Waals surface area (Å²) in [7, 11) is 2.74. The minimum absolute atomic E-state index is 0.0153. The molecule has 0 saturated carbocycles. The molecule has 0 saturated heterocycles. The minimum Gasteiger partial charge on any atom is -0.493 e. The second-order valence-electron chi connectivity index (χ2n) is 5.57. The summed E-state index contributed by atoms with van der Waals surface area (Å²) >= 11 is 0. The Labute approximate surface area is 162 Å². The van der Waals surface area contributed by atoms with Crippen LogP contribution in [0.2, 0.25) is 0 Å². The molecule has 28 heavy (non-hydrogen) atoms. The zero-order valence-corrected chi connectivity index (χ0v) is 15.8. The van der Waals surface area contributed by atoms with Gasteiger partial charge in [0.15, 0.2) is 11.5 Å². The number of nitro groups is 1. The Morgan fingerprint density at radius 2 is 1.79 bits per heavy atom. The van der Waals surface area contributed by atoms with Crippen LogP contribution in [0.25, 0.3) is 0 Å². The Balaban J connectivity index is 2.00. The van der Waals surface area contributed by atoms with E-state index in [2.05, 4.69) is 17.2 Å². The Kier molecular flexibility index (Phi) is 7.22. The van der Waals surface area contributed by atoms with Crippen LogP contribution in [0.3, 0.4) is 0 Å². The molecule has 0 aliphatic carbocycles. The SMILES string of the molecule is COc1cc(C(=O)NCC#CCOc2ccccc2C)c([N+](=O)[O-])cc1OC. The van der Waals surface area contributed by atoms with E-state index in [-0.39, 0.29) is 35.9 Å². The number of methoxy groups -OCH3 is 2. The molecule has 0 aromatic heterocycles. The van der Waals surface area contributed by atoms with Crippen molar-refractivity contribution in [2.24, 2.45) is 0 Å². The molecule has 1 amide bonds. The van der Waals surface area contributed by atoms with Crippen LogP contribution in [0.5, 0.6) is 17.2 Å². The van der Waals surface area contributed by atoms with Crippen molar-refractivity contribution < 1.29 is 23.9 Å². The maximum absolute atomic E-state index is 12.3. The summed E-state index contributed by atoms with van der Waals surface area (Å²) in [6, 6.07) is 9.97. The maximum atomic E-state index is 12.3. The molecular weight excluding hydrogens is 364 g/mol. The fourth-order valence-electron chi connectivity index (χ4n) is 2.37. The smallest absolute Gasteiger partial charge is 0.286 e. The Morgan fingerprint density at radius 3 is 2.43 bits per heavy atom. The zero-order valence-electron chi connectivity index (χ0n) is 15.8. The van der Waals surface area contributed by atoms with E-state index in [1.165, 1.54) is 20.3 Å². The van der Waals surface area contributed by atoms with Gasteiger partial charge in [-0.1, -0.05) is 30.0 Å². The van der Waals surface area contributed by atoms with Gasteiger partial charge in [-0.25, -0.2) is 0 Å². The van der Waals surface area contributed by atoms with Crippen molar-refractivity contribution >= 4 is 11.6 Å². The number of carbonyl (C=O) groups excluding carboxylic acids is 1. The first-order chi connectivity index (χ1) is 13.5. The van der Waals surface area contributed by atoms with Gasteiger partial charge < -0.3 is 19.5 Å². The van der Waals surface area contributed by atoms with Crippen molar-refractivity contribution in [1.82, 2.24) is 5.32 Å². The average molecular weight is 384 g/mol. The molecule has 2 aromatic carbocycles. The van der Waals surface area contributed by atoms with Gasteiger partial charge in [0.2, 0.25) is 0 Å². The number of nitro benzene ring substituents is 1. The third-order valence-corrected chi connectivity index (χ3v) is 3.80. The van der Waals surface area contributed by atoms with Crippen LogP contribution in [0.4, 0.5) is 5.69 Å². The van der Waals surface area contributed by atoms with Gasteiger partial charge in [0, 0.05) is 6.07 Å². The molecule has 0 unspecified atom stereocenters. The first kappa shape index (κ1) is 20.6. The van der Waals surface area contributed by atoms with Crippen molar-refractivity contribution in [3.63, 3.8) is 0 Å². The number of carbonyl (C=O) groups is 1. The molecule has 146 valence electrons. The molecule has 0 aliphatic heterocycles. The monoisotopic (exact) mass is 384 g/mol. The lowest BCUT2D eigenvalue weighted by Crippen LogP contribution is -2.24. The van der Waals surface area contributed by atoms with Gasteiger partial charge in [0.1, 0.15) is 17.9 Å². The molecule has 0 radical (unpaired) electrons. The lowest BCUT2D eigenvalue weighted by Gasteiger charge is -2.10. The molecule has 2 rings (SSSR count). The van der Waals surface area contributed by atoms with Crippen molar-refractivity contribution in [2.75, 3.05) is 27.4 Å². The number of para-hydroxylation sites is 1. The second-order valence-corrected chi connectivity index (χ2v) is 5.57. The highest BCUT2D eigenvalue weighted by Crippen LogP contribution is 2.34. The van der Waals surface area contributed by atoms with E-state index in [0.717, 1.165) is 17.4 Å². The summed E-state index contributed by atoms with van der Waals surface area (Å²) in [6.07, 6.45) is 0. The second kappa shape index (κ2) is 9.83. The summed E-state index contributed by atoms with van der Waals surface area (Å²) in [6.45, 7) is 2.11. The number of nitrogens with zero attached hydrogens (tertiary/aromatic N) is 1. The number of rotatable bonds is 7. The van der Waals surface area contributed by atoms with Crippen LogP contribution < -0.4 is 19.5 Å². The molecule has 0 bridgehead atoms. The number of aryl methyl sites for hydroxylation is 1. The fourth-order valence-corrected chi connectivity index (χ4v) is 2.37. The summed E-state index contributed by atoms with van der Waals surface area (Å²) in [5.74, 6) is 6.01. The summed E-state index contributed by atoms with van der Waals surface area (Å²) in [5, 5.41) is 13.8. The third kappa shape index (κ3) is 5.14. The third-order valence-electron chi connectivity index (χ3n) is 3.80. The summed E-state index contributed by atoms with van der Waals surface area (Å²) in [4.78, 5) is 22.9. The molecule has 0 atom stereocenters. The van der Waals surface area contributed by atoms with E-state index in [9.17, 15) is 14.9 Å². The fraction of sp³-hybridized carbons (Fsp3) is 0.250. The van der Waals surface area contributed by atoms with Gasteiger partial charge in [-0.05, 0) is 18.6 Å². The standard InChI is InChI=1S/C20H20N2O6/c1-14-8-4-5-9-17(14)28-11-7-6-10-21-20(23)15-12-18(26-2)19(27-3)13-16(15)22(24)25/h4-5,8-9,12-13H,10-11H2,1-3H3,(H,21,23).